The van der Waals surface area contributed by atoms with E-state index in [2.05, 4.69) is 4.72 Å². The first kappa shape index (κ1) is 11.1. The molecule has 0 unspecified atom stereocenters. The number of nitrogens with one attached hydrogen (secondary N) is 1. The minimum Gasteiger partial charge on any atom is -0.213 e. The Labute approximate surface area is 94.6 Å². The monoisotopic (exact) mass is 245 g/mol. The Morgan fingerprint density at radius 2 is 2.07 bits per heavy atom. The van der Waals surface area contributed by atoms with E-state index in [9.17, 15) is 8.42 Å². The Morgan fingerprint density at radius 3 is 2.53 bits per heavy atom. The molecule has 1 saturated carbocycles. The predicted octanol–water partition coefficient (Wildman–Crippen LogP) is 2.07. The fourth-order valence-electron chi connectivity index (χ4n) is 2.28. The van der Waals surface area contributed by atoms with E-state index in [-0.39, 0.29) is 5.54 Å². The van der Waals surface area contributed by atoms with E-state index in [0.29, 0.717) is 0 Å². The molecule has 0 bridgehead atoms. The van der Waals surface area contributed by atoms with E-state index in [4.69, 9.17) is 0 Å². The van der Waals surface area contributed by atoms with Crippen molar-refractivity contribution in [2.45, 2.75) is 31.2 Å². The Balaban J connectivity index is 2.33. The molecule has 0 atom stereocenters. The van der Waals surface area contributed by atoms with Gasteiger partial charge < -0.3 is 0 Å². The fraction of sp³-hybridized carbons (Fsp3) is 0.600. The molecule has 0 amide bonds. The van der Waals surface area contributed by atoms with Gasteiger partial charge in [0.05, 0.1) is 11.8 Å². The first-order chi connectivity index (χ1) is 7.02. The van der Waals surface area contributed by atoms with Gasteiger partial charge >= 0.3 is 0 Å². The first-order valence-corrected chi connectivity index (χ1v) is 7.82. The minimum atomic E-state index is -3.14. The molecular formula is C10H15NO2S2. The summed E-state index contributed by atoms with van der Waals surface area (Å²) in [4.78, 5) is 1.14. The predicted molar refractivity (Wildman–Crippen MR) is 62.4 cm³/mol. The van der Waals surface area contributed by atoms with Crippen molar-refractivity contribution in [2.75, 3.05) is 6.26 Å². The standard InChI is InChI=1S/C10H15NO2S2/c1-15(12,13)11-10(6-2-3-7-10)9-5-4-8-14-9/h4-5,8,11H,2-3,6-7H2,1H3. The van der Waals surface area contributed by atoms with Crippen molar-refractivity contribution in [1.29, 1.82) is 0 Å². The number of hydrogen-bond donors (Lipinski definition) is 1. The van der Waals surface area contributed by atoms with E-state index >= 15 is 0 Å². The third-order valence-electron chi connectivity index (χ3n) is 2.83. The van der Waals surface area contributed by atoms with Gasteiger partial charge in [-0.15, -0.1) is 11.3 Å². The quantitative estimate of drug-likeness (QED) is 0.886. The van der Waals surface area contributed by atoms with Crippen molar-refractivity contribution in [3.63, 3.8) is 0 Å². The van der Waals surface area contributed by atoms with Crippen LogP contribution in [0.15, 0.2) is 17.5 Å². The molecular weight excluding hydrogens is 230 g/mol. The van der Waals surface area contributed by atoms with Gasteiger partial charge in [0.25, 0.3) is 0 Å². The summed E-state index contributed by atoms with van der Waals surface area (Å²) in [6.07, 6.45) is 5.27. The molecule has 2 rings (SSSR count). The second-order valence-electron chi connectivity index (χ2n) is 4.14. The molecule has 0 spiro atoms. The molecule has 84 valence electrons. The highest BCUT2D eigenvalue weighted by molar-refractivity contribution is 7.88. The summed E-state index contributed by atoms with van der Waals surface area (Å²) in [5.41, 5.74) is -0.318. The van der Waals surface area contributed by atoms with Crippen molar-refractivity contribution in [2.24, 2.45) is 0 Å². The summed E-state index contributed by atoms with van der Waals surface area (Å²) in [6, 6.07) is 4.00. The highest BCUT2D eigenvalue weighted by Gasteiger charge is 2.38. The normalized spacial score (nSPS) is 20.6. The van der Waals surface area contributed by atoms with Crippen LogP contribution >= 0.6 is 11.3 Å². The van der Waals surface area contributed by atoms with Crippen LogP contribution in [0.1, 0.15) is 30.6 Å². The largest absolute Gasteiger partial charge is 0.213 e. The third kappa shape index (κ3) is 2.41. The molecule has 1 heterocycles. The lowest BCUT2D eigenvalue weighted by molar-refractivity contribution is 0.414. The maximum atomic E-state index is 11.4. The van der Waals surface area contributed by atoms with Gasteiger partial charge in [-0.05, 0) is 24.3 Å². The first-order valence-electron chi connectivity index (χ1n) is 5.05. The average molecular weight is 245 g/mol. The molecule has 1 aromatic rings. The summed E-state index contributed by atoms with van der Waals surface area (Å²) in [6.45, 7) is 0. The zero-order valence-corrected chi connectivity index (χ0v) is 10.3. The Bertz CT molecular complexity index is 416. The van der Waals surface area contributed by atoms with Gasteiger partial charge in [-0.25, -0.2) is 13.1 Å². The van der Waals surface area contributed by atoms with Crippen molar-refractivity contribution in [1.82, 2.24) is 4.72 Å². The number of sulfonamides is 1. The zero-order valence-electron chi connectivity index (χ0n) is 8.69. The van der Waals surface area contributed by atoms with E-state index in [1.165, 1.54) is 6.26 Å². The van der Waals surface area contributed by atoms with Crippen LogP contribution in [-0.2, 0) is 15.6 Å². The van der Waals surface area contributed by atoms with Crippen LogP contribution in [0.4, 0.5) is 0 Å². The lowest BCUT2D eigenvalue weighted by Crippen LogP contribution is -2.42. The molecule has 15 heavy (non-hydrogen) atoms. The second kappa shape index (κ2) is 3.88. The van der Waals surface area contributed by atoms with Crippen LogP contribution in [0, 0.1) is 0 Å². The molecule has 1 aliphatic carbocycles. The summed E-state index contributed by atoms with van der Waals surface area (Å²) in [5, 5.41) is 2.00. The van der Waals surface area contributed by atoms with Crippen molar-refractivity contribution >= 4 is 21.4 Å². The maximum absolute atomic E-state index is 11.4. The Morgan fingerprint density at radius 1 is 1.40 bits per heavy atom. The summed E-state index contributed by atoms with van der Waals surface area (Å²) in [5.74, 6) is 0. The summed E-state index contributed by atoms with van der Waals surface area (Å²) < 4.78 is 25.6. The highest BCUT2D eigenvalue weighted by atomic mass is 32.2. The molecule has 0 radical (unpaired) electrons. The second-order valence-corrected chi connectivity index (χ2v) is 6.84. The molecule has 0 aromatic carbocycles. The van der Waals surface area contributed by atoms with Crippen LogP contribution in [0.5, 0.6) is 0 Å². The highest BCUT2D eigenvalue weighted by Crippen LogP contribution is 2.41. The number of hydrogen-bond acceptors (Lipinski definition) is 3. The lowest BCUT2D eigenvalue weighted by Gasteiger charge is -2.28. The lowest BCUT2D eigenvalue weighted by atomic mass is 9.97. The van der Waals surface area contributed by atoms with Crippen LogP contribution in [0.2, 0.25) is 0 Å². The topological polar surface area (TPSA) is 46.2 Å². The number of rotatable bonds is 3. The third-order valence-corrected chi connectivity index (χ3v) is 4.67. The Kier molecular flexibility index (Phi) is 2.87. The molecule has 1 aliphatic rings. The molecule has 0 saturated heterocycles. The van der Waals surface area contributed by atoms with E-state index in [0.717, 1.165) is 30.6 Å². The van der Waals surface area contributed by atoms with E-state index in [1.54, 1.807) is 11.3 Å². The maximum Gasteiger partial charge on any atom is 0.209 e. The van der Waals surface area contributed by atoms with Crippen molar-refractivity contribution in [3.05, 3.63) is 22.4 Å². The molecule has 0 aliphatic heterocycles. The van der Waals surface area contributed by atoms with E-state index in [1.807, 2.05) is 17.5 Å². The van der Waals surface area contributed by atoms with Gasteiger partial charge in [0.2, 0.25) is 10.0 Å². The average Bonchev–Trinajstić information content (AvgIpc) is 2.68. The molecule has 3 nitrogen and oxygen atoms in total. The molecule has 1 N–H and O–H groups in total. The van der Waals surface area contributed by atoms with Crippen molar-refractivity contribution in [3.8, 4) is 0 Å². The fourth-order valence-corrected chi connectivity index (χ4v) is 4.31. The van der Waals surface area contributed by atoms with Gasteiger partial charge in [0, 0.05) is 4.88 Å². The van der Waals surface area contributed by atoms with Crippen LogP contribution in [0.25, 0.3) is 0 Å². The van der Waals surface area contributed by atoms with Gasteiger partial charge in [-0.2, -0.15) is 0 Å². The smallest absolute Gasteiger partial charge is 0.209 e. The summed E-state index contributed by atoms with van der Waals surface area (Å²) >= 11 is 1.63. The van der Waals surface area contributed by atoms with Crippen molar-refractivity contribution < 1.29 is 8.42 Å². The van der Waals surface area contributed by atoms with Crippen LogP contribution < -0.4 is 4.72 Å². The molecule has 1 fully saturated rings. The molecule has 5 heteroatoms. The van der Waals surface area contributed by atoms with Crippen LogP contribution in [0.3, 0.4) is 0 Å². The SMILES string of the molecule is CS(=O)(=O)NC1(c2cccs2)CCCC1. The molecule has 1 aromatic heterocycles. The summed E-state index contributed by atoms with van der Waals surface area (Å²) in [7, 11) is -3.14. The van der Waals surface area contributed by atoms with Gasteiger partial charge in [-0.3, -0.25) is 0 Å². The van der Waals surface area contributed by atoms with Gasteiger partial charge in [0.15, 0.2) is 0 Å². The number of thiophene rings is 1. The van der Waals surface area contributed by atoms with E-state index < -0.39 is 10.0 Å². The minimum absolute atomic E-state index is 0.318. The van der Waals surface area contributed by atoms with Gasteiger partial charge in [0.1, 0.15) is 0 Å². The van der Waals surface area contributed by atoms with Crippen LogP contribution in [-0.4, -0.2) is 14.7 Å². The Hall–Kier alpha value is -0.390. The zero-order chi connectivity index (χ0) is 10.9. The van der Waals surface area contributed by atoms with Gasteiger partial charge in [-0.1, -0.05) is 18.9 Å².